The predicted octanol–water partition coefficient (Wildman–Crippen LogP) is 2.74. The molecule has 3 aliphatic rings. The van der Waals surface area contributed by atoms with Gasteiger partial charge in [0.25, 0.3) is 5.91 Å². The number of nitrogens with zero attached hydrogens (tertiary/aromatic N) is 3. The summed E-state index contributed by atoms with van der Waals surface area (Å²) in [4.78, 5) is 32.3. The number of nitrogens with one attached hydrogen (secondary N) is 1. The summed E-state index contributed by atoms with van der Waals surface area (Å²) in [6.07, 6.45) is 1.38. The second kappa shape index (κ2) is 9.03. The topological polar surface area (TPSA) is 74.4 Å². The van der Waals surface area contributed by atoms with Crippen LogP contribution in [0.5, 0.6) is 11.5 Å². The normalized spacial score (nSPS) is 23.2. The standard InChI is InChI=1S/C25H30N4O4/c1-2-10-25(20-6-4-3-5-7-20)23(30)29(24(31)26-25)17-28-13-11-27(12-14-28)16-19-8-9-21-22(15-19)33-18-32-21/h3-9,15H,2,10-14,16-18H2,1H3,(H,26,31)/t25-/m1/s1. The van der Waals surface area contributed by atoms with Crippen LogP contribution in [0.2, 0.25) is 0 Å². The molecule has 0 unspecified atom stereocenters. The largest absolute Gasteiger partial charge is 0.454 e. The molecule has 0 bridgehead atoms. The van der Waals surface area contributed by atoms with Crippen LogP contribution in [0.25, 0.3) is 0 Å². The van der Waals surface area contributed by atoms with Gasteiger partial charge in [-0.2, -0.15) is 0 Å². The van der Waals surface area contributed by atoms with Crippen molar-refractivity contribution in [3.8, 4) is 11.5 Å². The van der Waals surface area contributed by atoms with Crippen molar-refractivity contribution in [3.05, 3.63) is 59.7 Å². The van der Waals surface area contributed by atoms with Crippen molar-refractivity contribution >= 4 is 11.9 Å². The molecule has 8 nitrogen and oxygen atoms in total. The smallest absolute Gasteiger partial charge is 0.326 e. The summed E-state index contributed by atoms with van der Waals surface area (Å²) in [5.74, 6) is 1.45. The first kappa shape index (κ1) is 21.7. The molecule has 0 saturated carbocycles. The monoisotopic (exact) mass is 450 g/mol. The molecule has 0 spiro atoms. The van der Waals surface area contributed by atoms with Gasteiger partial charge in [-0.05, 0) is 29.7 Å². The molecule has 2 aromatic carbocycles. The average Bonchev–Trinajstić information content (AvgIpc) is 3.39. The Morgan fingerprint density at radius 2 is 1.67 bits per heavy atom. The second-order valence-corrected chi connectivity index (χ2v) is 8.91. The third-order valence-corrected chi connectivity index (χ3v) is 6.72. The Bertz CT molecular complexity index is 1020. The Labute approximate surface area is 194 Å². The molecule has 3 aliphatic heterocycles. The molecule has 3 amide bonds. The Kier molecular flexibility index (Phi) is 5.95. The van der Waals surface area contributed by atoms with Gasteiger partial charge in [-0.15, -0.1) is 0 Å². The molecular formula is C25H30N4O4. The summed E-state index contributed by atoms with van der Waals surface area (Å²) in [5.41, 5.74) is 1.07. The summed E-state index contributed by atoms with van der Waals surface area (Å²) >= 11 is 0. The van der Waals surface area contributed by atoms with Gasteiger partial charge in [0.1, 0.15) is 5.54 Å². The summed E-state index contributed by atoms with van der Waals surface area (Å²) in [6.45, 7) is 6.81. The van der Waals surface area contributed by atoms with Gasteiger partial charge in [-0.3, -0.25) is 14.6 Å². The molecule has 33 heavy (non-hydrogen) atoms. The van der Waals surface area contributed by atoms with Crippen molar-refractivity contribution in [2.75, 3.05) is 39.6 Å². The summed E-state index contributed by atoms with van der Waals surface area (Å²) in [7, 11) is 0. The lowest BCUT2D eigenvalue weighted by Gasteiger charge is -2.36. The van der Waals surface area contributed by atoms with Gasteiger partial charge in [0, 0.05) is 32.7 Å². The van der Waals surface area contributed by atoms with Gasteiger partial charge < -0.3 is 14.8 Å². The van der Waals surface area contributed by atoms with Crippen molar-refractivity contribution in [2.24, 2.45) is 0 Å². The van der Waals surface area contributed by atoms with Crippen LogP contribution < -0.4 is 14.8 Å². The van der Waals surface area contributed by atoms with Gasteiger partial charge in [0.2, 0.25) is 6.79 Å². The zero-order valence-electron chi connectivity index (χ0n) is 19.0. The van der Waals surface area contributed by atoms with Crippen LogP contribution in [-0.2, 0) is 16.9 Å². The highest BCUT2D eigenvalue weighted by Gasteiger charge is 2.52. The summed E-state index contributed by atoms with van der Waals surface area (Å²) < 4.78 is 10.9. The Morgan fingerprint density at radius 3 is 2.42 bits per heavy atom. The van der Waals surface area contributed by atoms with Gasteiger partial charge >= 0.3 is 6.03 Å². The first-order valence-corrected chi connectivity index (χ1v) is 11.6. The van der Waals surface area contributed by atoms with E-state index in [9.17, 15) is 9.59 Å². The lowest BCUT2D eigenvalue weighted by atomic mass is 9.85. The lowest BCUT2D eigenvalue weighted by Crippen LogP contribution is -2.51. The minimum absolute atomic E-state index is 0.150. The highest BCUT2D eigenvalue weighted by atomic mass is 16.7. The molecule has 1 N–H and O–H groups in total. The number of hydrogen-bond acceptors (Lipinski definition) is 6. The van der Waals surface area contributed by atoms with E-state index < -0.39 is 5.54 Å². The van der Waals surface area contributed by atoms with E-state index in [4.69, 9.17) is 9.47 Å². The molecular weight excluding hydrogens is 420 g/mol. The Balaban J connectivity index is 1.20. The van der Waals surface area contributed by atoms with Crippen molar-refractivity contribution < 1.29 is 19.1 Å². The fourth-order valence-electron chi connectivity index (χ4n) is 4.95. The first-order chi connectivity index (χ1) is 16.1. The van der Waals surface area contributed by atoms with Crippen LogP contribution in [0.3, 0.4) is 0 Å². The molecule has 5 rings (SSSR count). The molecule has 3 heterocycles. The molecule has 0 radical (unpaired) electrons. The first-order valence-electron chi connectivity index (χ1n) is 11.6. The van der Waals surface area contributed by atoms with Crippen molar-refractivity contribution in [2.45, 2.75) is 31.8 Å². The zero-order chi connectivity index (χ0) is 22.8. The molecule has 2 aromatic rings. The fourth-order valence-corrected chi connectivity index (χ4v) is 4.95. The molecule has 0 aliphatic carbocycles. The van der Waals surface area contributed by atoms with E-state index in [1.807, 2.05) is 49.4 Å². The van der Waals surface area contributed by atoms with E-state index in [1.165, 1.54) is 10.5 Å². The quantitative estimate of drug-likeness (QED) is 0.654. The maximum atomic E-state index is 13.5. The van der Waals surface area contributed by atoms with Crippen LogP contribution in [0.15, 0.2) is 48.5 Å². The number of carbonyl (C=O) groups excluding carboxylic acids is 2. The van der Waals surface area contributed by atoms with Gasteiger partial charge in [0.15, 0.2) is 11.5 Å². The molecule has 8 heteroatoms. The van der Waals surface area contributed by atoms with E-state index in [0.717, 1.165) is 56.2 Å². The molecule has 174 valence electrons. The minimum Gasteiger partial charge on any atom is -0.454 e. The maximum Gasteiger partial charge on any atom is 0.326 e. The van der Waals surface area contributed by atoms with Crippen LogP contribution in [-0.4, -0.2) is 66.3 Å². The molecule has 1 atom stereocenters. The zero-order valence-corrected chi connectivity index (χ0v) is 19.0. The number of amides is 3. The number of hydrogen-bond donors (Lipinski definition) is 1. The summed E-state index contributed by atoms with van der Waals surface area (Å²) in [6, 6.07) is 15.4. The van der Waals surface area contributed by atoms with Crippen LogP contribution >= 0.6 is 0 Å². The minimum atomic E-state index is -0.964. The summed E-state index contributed by atoms with van der Waals surface area (Å²) in [5, 5.41) is 3.01. The van der Waals surface area contributed by atoms with Crippen LogP contribution in [0.1, 0.15) is 30.9 Å². The van der Waals surface area contributed by atoms with Crippen LogP contribution in [0.4, 0.5) is 4.79 Å². The highest BCUT2D eigenvalue weighted by Crippen LogP contribution is 2.34. The number of benzene rings is 2. The van der Waals surface area contributed by atoms with E-state index in [0.29, 0.717) is 13.1 Å². The molecule has 2 fully saturated rings. The van der Waals surface area contributed by atoms with Gasteiger partial charge in [0.05, 0.1) is 6.67 Å². The number of imide groups is 1. The van der Waals surface area contributed by atoms with E-state index in [2.05, 4.69) is 21.2 Å². The Morgan fingerprint density at radius 1 is 0.939 bits per heavy atom. The Hall–Kier alpha value is -3.10. The third kappa shape index (κ3) is 4.16. The van der Waals surface area contributed by atoms with Crippen molar-refractivity contribution in [3.63, 3.8) is 0 Å². The predicted molar refractivity (Wildman–Crippen MR) is 123 cm³/mol. The third-order valence-electron chi connectivity index (χ3n) is 6.72. The second-order valence-electron chi connectivity index (χ2n) is 8.91. The lowest BCUT2D eigenvalue weighted by molar-refractivity contribution is -0.133. The molecule has 2 saturated heterocycles. The number of urea groups is 1. The number of piperazine rings is 1. The van der Waals surface area contributed by atoms with Gasteiger partial charge in [-0.25, -0.2) is 9.69 Å². The number of fused-ring (bicyclic) bond motifs is 1. The average molecular weight is 451 g/mol. The fraction of sp³-hybridized carbons (Fsp3) is 0.440. The van der Waals surface area contributed by atoms with Gasteiger partial charge in [-0.1, -0.05) is 49.7 Å². The number of ether oxygens (including phenoxy) is 2. The highest BCUT2D eigenvalue weighted by molar-refractivity contribution is 6.07. The van der Waals surface area contributed by atoms with Crippen molar-refractivity contribution in [1.29, 1.82) is 0 Å². The number of rotatable bonds is 7. The van der Waals surface area contributed by atoms with E-state index >= 15 is 0 Å². The SMILES string of the molecule is CCC[C@]1(c2ccccc2)NC(=O)N(CN2CCN(Cc3ccc4c(c3)OCO4)CC2)C1=O. The van der Waals surface area contributed by atoms with E-state index in [1.54, 1.807) is 0 Å². The van der Waals surface area contributed by atoms with Crippen molar-refractivity contribution in [1.82, 2.24) is 20.0 Å². The maximum absolute atomic E-state index is 13.5. The van der Waals surface area contributed by atoms with E-state index in [-0.39, 0.29) is 18.7 Å². The number of carbonyl (C=O) groups is 2. The molecule has 0 aromatic heterocycles. The van der Waals surface area contributed by atoms with Crippen LogP contribution in [0, 0.1) is 0 Å².